The molecule has 4 nitrogen and oxygen atoms in total. The molecule has 0 fully saturated rings. The van der Waals surface area contributed by atoms with Gasteiger partial charge in [0.05, 0.1) is 11.8 Å². The molecule has 0 aliphatic carbocycles. The van der Waals surface area contributed by atoms with Gasteiger partial charge in [0.2, 0.25) is 5.88 Å². The summed E-state index contributed by atoms with van der Waals surface area (Å²) < 4.78 is 7.52. The Morgan fingerprint density at radius 2 is 2.14 bits per heavy atom. The summed E-state index contributed by atoms with van der Waals surface area (Å²) >= 11 is 0. The zero-order valence-corrected chi connectivity index (χ0v) is 9.37. The van der Waals surface area contributed by atoms with E-state index in [4.69, 9.17) is 10.5 Å². The maximum Gasteiger partial charge on any atom is 0.236 e. The molecule has 0 saturated carbocycles. The third kappa shape index (κ3) is 2.00. The summed E-state index contributed by atoms with van der Waals surface area (Å²) in [6.45, 7) is 8.81. The Morgan fingerprint density at radius 3 is 2.64 bits per heavy atom. The molecule has 2 N–H and O–H groups in total. The number of aryl methyl sites for hydroxylation is 2. The SMILES string of the molecule is CCC(C)Oc1c(N)c(C)nn1CC. The molecule has 0 saturated heterocycles. The van der Waals surface area contributed by atoms with Gasteiger partial charge in [-0.1, -0.05) is 6.92 Å². The molecule has 1 rings (SSSR count). The number of nitrogens with zero attached hydrogens (tertiary/aromatic N) is 2. The first-order valence-electron chi connectivity index (χ1n) is 5.09. The van der Waals surface area contributed by atoms with Crippen LogP contribution in [0, 0.1) is 6.92 Å². The topological polar surface area (TPSA) is 53.1 Å². The first kappa shape index (κ1) is 10.9. The number of nitrogen functional groups attached to an aromatic ring is 1. The van der Waals surface area contributed by atoms with Crippen LogP contribution in [0.4, 0.5) is 5.69 Å². The van der Waals surface area contributed by atoms with Crippen LogP contribution in [-0.2, 0) is 6.54 Å². The van der Waals surface area contributed by atoms with E-state index >= 15 is 0 Å². The van der Waals surface area contributed by atoms with Gasteiger partial charge in [-0.3, -0.25) is 0 Å². The van der Waals surface area contributed by atoms with Crippen molar-refractivity contribution in [1.29, 1.82) is 0 Å². The van der Waals surface area contributed by atoms with Crippen LogP contribution in [0.1, 0.15) is 32.9 Å². The second-order valence-corrected chi connectivity index (χ2v) is 3.46. The van der Waals surface area contributed by atoms with Gasteiger partial charge in [0.15, 0.2) is 0 Å². The molecule has 0 aliphatic rings. The van der Waals surface area contributed by atoms with Crippen molar-refractivity contribution in [2.45, 2.75) is 46.8 Å². The quantitative estimate of drug-likeness (QED) is 0.802. The van der Waals surface area contributed by atoms with E-state index in [0.717, 1.165) is 18.7 Å². The lowest BCUT2D eigenvalue weighted by Crippen LogP contribution is -2.14. The number of rotatable bonds is 4. The van der Waals surface area contributed by atoms with E-state index in [-0.39, 0.29) is 6.10 Å². The number of aromatic nitrogens is 2. The van der Waals surface area contributed by atoms with Gasteiger partial charge >= 0.3 is 0 Å². The van der Waals surface area contributed by atoms with Crippen LogP contribution in [-0.4, -0.2) is 15.9 Å². The first-order valence-corrected chi connectivity index (χ1v) is 5.09. The van der Waals surface area contributed by atoms with Crippen molar-refractivity contribution in [2.24, 2.45) is 0 Å². The number of hydrogen-bond acceptors (Lipinski definition) is 3. The van der Waals surface area contributed by atoms with Gasteiger partial charge in [-0.05, 0) is 27.2 Å². The molecule has 0 radical (unpaired) electrons. The zero-order valence-electron chi connectivity index (χ0n) is 9.37. The predicted molar refractivity (Wildman–Crippen MR) is 57.4 cm³/mol. The van der Waals surface area contributed by atoms with Crippen LogP contribution in [0.15, 0.2) is 0 Å². The molecular weight excluding hydrogens is 178 g/mol. The maximum absolute atomic E-state index is 5.87. The molecule has 0 aliphatic heterocycles. The summed E-state index contributed by atoms with van der Waals surface area (Å²) in [5.41, 5.74) is 7.37. The molecule has 4 heteroatoms. The molecule has 0 bridgehead atoms. The number of ether oxygens (including phenoxy) is 1. The van der Waals surface area contributed by atoms with Gasteiger partial charge in [0.25, 0.3) is 0 Å². The van der Waals surface area contributed by atoms with Crippen molar-refractivity contribution in [1.82, 2.24) is 9.78 Å². The lowest BCUT2D eigenvalue weighted by molar-refractivity contribution is 0.197. The zero-order chi connectivity index (χ0) is 10.7. The van der Waals surface area contributed by atoms with Crippen LogP contribution in [0.5, 0.6) is 5.88 Å². The van der Waals surface area contributed by atoms with E-state index in [1.54, 1.807) is 4.68 Å². The molecule has 1 atom stereocenters. The van der Waals surface area contributed by atoms with Gasteiger partial charge in [0.1, 0.15) is 5.69 Å². The smallest absolute Gasteiger partial charge is 0.236 e. The summed E-state index contributed by atoms with van der Waals surface area (Å²) in [7, 11) is 0. The van der Waals surface area contributed by atoms with Crippen LogP contribution in [0.2, 0.25) is 0 Å². The highest BCUT2D eigenvalue weighted by Crippen LogP contribution is 2.26. The molecule has 1 aromatic heterocycles. The van der Waals surface area contributed by atoms with Crippen molar-refractivity contribution in [3.05, 3.63) is 5.69 Å². The predicted octanol–water partition coefficient (Wildman–Crippen LogP) is 1.97. The van der Waals surface area contributed by atoms with Crippen molar-refractivity contribution < 1.29 is 4.74 Å². The Bertz CT molecular complexity index is 307. The highest BCUT2D eigenvalue weighted by Gasteiger charge is 2.14. The van der Waals surface area contributed by atoms with E-state index < -0.39 is 0 Å². The molecule has 80 valence electrons. The summed E-state index contributed by atoms with van der Waals surface area (Å²) in [5.74, 6) is 0.708. The minimum atomic E-state index is 0.179. The fraction of sp³-hybridized carbons (Fsp3) is 0.700. The van der Waals surface area contributed by atoms with Gasteiger partial charge < -0.3 is 10.5 Å². The Balaban J connectivity index is 2.93. The Kier molecular flexibility index (Phi) is 3.38. The lowest BCUT2D eigenvalue weighted by Gasteiger charge is -2.13. The molecule has 1 unspecified atom stereocenters. The van der Waals surface area contributed by atoms with E-state index in [0.29, 0.717) is 11.6 Å². The van der Waals surface area contributed by atoms with Gasteiger partial charge in [-0.25, -0.2) is 4.68 Å². The number of hydrogen-bond donors (Lipinski definition) is 1. The third-order valence-corrected chi connectivity index (χ3v) is 2.31. The Morgan fingerprint density at radius 1 is 1.50 bits per heavy atom. The van der Waals surface area contributed by atoms with Gasteiger partial charge in [0, 0.05) is 6.54 Å². The number of anilines is 1. The van der Waals surface area contributed by atoms with Crippen molar-refractivity contribution in [3.8, 4) is 5.88 Å². The summed E-state index contributed by atoms with van der Waals surface area (Å²) in [6, 6.07) is 0. The van der Waals surface area contributed by atoms with Crippen LogP contribution in [0.3, 0.4) is 0 Å². The van der Waals surface area contributed by atoms with Gasteiger partial charge in [-0.2, -0.15) is 5.10 Å². The van der Waals surface area contributed by atoms with Crippen LogP contribution in [0.25, 0.3) is 0 Å². The first-order chi connectivity index (χ1) is 6.60. The summed E-state index contributed by atoms with van der Waals surface area (Å²) in [4.78, 5) is 0. The van der Waals surface area contributed by atoms with Gasteiger partial charge in [-0.15, -0.1) is 0 Å². The van der Waals surface area contributed by atoms with Crippen molar-refractivity contribution in [3.63, 3.8) is 0 Å². The number of nitrogens with two attached hydrogens (primary N) is 1. The molecule has 0 amide bonds. The van der Waals surface area contributed by atoms with Crippen molar-refractivity contribution >= 4 is 5.69 Å². The highest BCUT2D eigenvalue weighted by molar-refractivity contribution is 5.52. The van der Waals surface area contributed by atoms with Crippen LogP contribution < -0.4 is 10.5 Å². The summed E-state index contributed by atoms with van der Waals surface area (Å²) in [6.07, 6.45) is 1.15. The van der Waals surface area contributed by atoms with E-state index in [1.807, 2.05) is 20.8 Å². The average Bonchev–Trinajstić information content (AvgIpc) is 2.45. The fourth-order valence-corrected chi connectivity index (χ4v) is 1.19. The molecule has 0 spiro atoms. The maximum atomic E-state index is 5.87. The van der Waals surface area contributed by atoms with E-state index in [2.05, 4.69) is 12.0 Å². The third-order valence-electron chi connectivity index (χ3n) is 2.31. The second kappa shape index (κ2) is 4.35. The monoisotopic (exact) mass is 197 g/mol. The lowest BCUT2D eigenvalue weighted by atomic mass is 10.3. The molecule has 0 aromatic carbocycles. The Hall–Kier alpha value is -1.19. The van der Waals surface area contributed by atoms with E-state index in [1.165, 1.54) is 0 Å². The molecule has 1 heterocycles. The van der Waals surface area contributed by atoms with Crippen molar-refractivity contribution in [2.75, 3.05) is 5.73 Å². The van der Waals surface area contributed by atoms with E-state index in [9.17, 15) is 0 Å². The normalized spacial score (nSPS) is 12.9. The van der Waals surface area contributed by atoms with Crippen LogP contribution >= 0.6 is 0 Å². The molecular formula is C10H19N3O. The Labute approximate surface area is 85.0 Å². The molecule has 14 heavy (non-hydrogen) atoms. The summed E-state index contributed by atoms with van der Waals surface area (Å²) in [5, 5.41) is 4.28. The second-order valence-electron chi connectivity index (χ2n) is 3.46. The fourth-order valence-electron chi connectivity index (χ4n) is 1.19. The largest absolute Gasteiger partial charge is 0.473 e. The molecule has 1 aromatic rings. The highest BCUT2D eigenvalue weighted by atomic mass is 16.5. The minimum Gasteiger partial charge on any atom is -0.473 e. The minimum absolute atomic E-state index is 0.179. The standard InChI is InChI=1S/C10H19N3O/c1-5-7(3)14-10-9(11)8(4)12-13(10)6-2/h7H,5-6,11H2,1-4H3. The average molecular weight is 197 g/mol.